The molecule has 0 bridgehead atoms. The van der Waals surface area contributed by atoms with Crippen LogP contribution in [0.25, 0.3) is 0 Å². The van der Waals surface area contributed by atoms with Gasteiger partial charge >= 0.3 is 11.9 Å². The van der Waals surface area contributed by atoms with Gasteiger partial charge in [0.15, 0.2) is 0 Å². The zero-order valence-corrected chi connectivity index (χ0v) is 31.6. The van der Waals surface area contributed by atoms with Crippen LogP contribution in [0.15, 0.2) is 24.3 Å². The normalized spacial score (nSPS) is 13.0. The van der Waals surface area contributed by atoms with Crippen LogP contribution in [-0.4, -0.2) is 44.6 Å². The van der Waals surface area contributed by atoms with Crippen LogP contribution < -0.4 is 9.47 Å². The van der Waals surface area contributed by atoms with Gasteiger partial charge in [-0.15, -0.1) is 0 Å². The number of hydrogen-bond donors (Lipinski definition) is 4. The molecule has 4 N–H and O–H groups in total. The van der Waals surface area contributed by atoms with Crippen LogP contribution in [0, 0.1) is 0 Å². The summed E-state index contributed by atoms with van der Waals surface area (Å²) in [5, 5.41) is 42.9. The number of esters is 2. The summed E-state index contributed by atoms with van der Waals surface area (Å²) in [6, 6.07) is 6.77. The zero-order chi connectivity index (χ0) is 36.9. The van der Waals surface area contributed by atoms with Gasteiger partial charge in [-0.05, 0) is 71.6 Å². The number of unbranched alkanes of at least 4 members (excludes halogenated alkanes) is 2. The predicted molar refractivity (Wildman–Crippen MR) is 191 cm³/mol. The van der Waals surface area contributed by atoms with E-state index in [9.17, 15) is 30.0 Å². The second-order valence-electron chi connectivity index (χ2n) is 17.4. The number of hydrogen-bond acceptors (Lipinski definition) is 8. The Bertz CT molecular complexity index is 1240. The lowest BCUT2D eigenvalue weighted by atomic mass is 9.79. The van der Waals surface area contributed by atoms with Gasteiger partial charge in [-0.3, -0.25) is 9.59 Å². The van der Waals surface area contributed by atoms with Crippen molar-refractivity contribution in [2.45, 2.75) is 162 Å². The molecule has 0 saturated heterocycles. The van der Waals surface area contributed by atoms with Crippen LogP contribution in [0.1, 0.15) is 157 Å². The molecule has 0 unspecified atom stereocenters. The molecule has 0 fully saturated rings. The number of rotatable bonds is 13. The Balaban J connectivity index is 2.24. The topological polar surface area (TPSA) is 134 Å². The van der Waals surface area contributed by atoms with Crippen molar-refractivity contribution in [1.82, 2.24) is 0 Å². The van der Waals surface area contributed by atoms with E-state index < -0.39 is 39.2 Å². The summed E-state index contributed by atoms with van der Waals surface area (Å²) in [4.78, 5) is 26.3. The average molecular weight is 671 g/mol. The number of aliphatic hydroxyl groups excluding tert-OH is 1. The summed E-state index contributed by atoms with van der Waals surface area (Å²) < 4.78 is 11.5. The van der Waals surface area contributed by atoms with Crippen LogP contribution >= 0.6 is 0 Å². The zero-order valence-electron chi connectivity index (χ0n) is 31.6. The van der Waals surface area contributed by atoms with Gasteiger partial charge in [0.1, 0.15) is 23.0 Å². The first-order chi connectivity index (χ1) is 21.8. The van der Waals surface area contributed by atoms with Crippen LogP contribution in [0.5, 0.6) is 23.0 Å². The summed E-state index contributed by atoms with van der Waals surface area (Å²) in [7, 11) is 0. The van der Waals surface area contributed by atoms with E-state index in [1.54, 1.807) is 24.3 Å². The van der Waals surface area contributed by atoms with Gasteiger partial charge in [0.2, 0.25) is 0 Å². The smallest absolute Gasteiger partial charge is 0.311 e. The number of aliphatic hydroxyl groups is 2. The van der Waals surface area contributed by atoms with Crippen LogP contribution in [-0.2, 0) is 31.2 Å². The molecule has 0 spiro atoms. The minimum absolute atomic E-state index is 0.0521. The molecule has 0 heterocycles. The minimum atomic E-state index is -1.34. The third kappa shape index (κ3) is 11.8. The first-order valence-corrected chi connectivity index (χ1v) is 17.3. The number of benzene rings is 2. The van der Waals surface area contributed by atoms with E-state index in [0.717, 1.165) is 0 Å². The summed E-state index contributed by atoms with van der Waals surface area (Å²) in [6.07, 6.45) is 2.26. The van der Waals surface area contributed by atoms with Crippen LogP contribution in [0.2, 0.25) is 0 Å². The lowest BCUT2D eigenvalue weighted by molar-refractivity contribution is -0.137. The van der Waals surface area contributed by atoms with E-state index in [1.807, 2.05) is 83.1 Å². The van der Waals surface area contributed by atoms with E-state index in [0.29, 0.717) is 59.4 Å². The molecule has 0 aliphatic carbocycles. The summed E-state index contributed by atoms with van der Waals surface area (Å²) >= 11 is 0. The van der Waals surface area contributed by atoms with E-state index in [1.165, 1.54) is 0 Å². The Labute approximate surface area is 288 Å². The first kappa shape index (κ1) is 41.1. The fraction of sp³-hybridized carbons (Fsp3) is 0.650. The van der Waals surface area contributed by atoms with Crippen molar-refractivity contribution in [2.24, 2.45) is 0 Å². The highest BCUT2D eigenvalue weighted by atomic mass is 16.5. The van der Waals surface area contributed by atoms with E-state index >= 15 is 0 Å². The van der Waals surface area contributed by atoms with Gasteiger partial charge in [-0.25, -0.2) is 0 Å². The number of phenolic OH excluding ortho intramolecular Hbond substituents is 2. The van der Waals surface area contributed by atoms with Crippen molar-refractivity contribution >= 4 is 11.9 Å². The van der Waals surface area contributed by atoms with Gasteiger partial charge in [-0.1, -0.05) is 95.9 Å². The molecule has 0 aromatic heterocycles. The van der Waals surface area contributed by atoms with Crippen molar-refractivity contribution in [3.63, 3.8) is 0 Å². The van der Waals surface area contributed by atoms with Crippen molar-refractivity contribution in [2.75, 3.05) is 6.61 Å². The van der Waals surface area contributed by atoms with Crippen LogP contribution in [0.3, 0.4) is 0 Å². The second kappa shape index (κ2) is 15.6. The Morgan fingerprint density at radius 2 is 0.854 bits per heavy atom. The van der Waals surface area contributed by atoms with E-state index in [-0.39, 0.29) is 43.8 Å². The van der Waals surface area contributed by atoms with Gasteiger partial charge in [0, 0.05) is 41.7 Å². The number of ether oxygens (including phenoxy) is 2. The van der Waals surface area contributed by atoms with Crippen molar-refractivity contribution in [1.29, 1.82) is 0 Å². The number of aromatic hydroxyl groups is 2. The molecule has 0 aliphatic heterocycles. The average Bonchev–Trinajstić information content (AvgIpc) is 2.92. The maximum Gasteiger partial charge on any atom is 0.311 e. The van der Waals surface area contributed by atoms with Crippen molar-refractivity contribution in [3.05, 3.63) is 46.5 Å². The first-order valence-electron chi connectivity index (χ1n) is 17.3. The third-order valence-corrected chi connectivity index (χ3v) is 8.75. The molecular formula is C40H62O8. The summed E-state index contributed by atoms with van der Waals surface area (Å²) in [5.41, 5.74) is -0.195. The maximum absolute atomic E-state index is 13.1. The lowest BCUT2D eigenvalue weighted by Crippen LogP contribution is -2.31. The number of phenols is 2. The molecule has 2 aromatic rings. The Morgan fingerprint density at radius 3 is 1.12 bits per heavy atom. The molecule has 0 amide bonds. The molecular weight excluding hydrogens is 608 g/mol. The predicted octanol–water partition coefficient (Wildman–Crippen LogP) is 8.64. The SMILES string of the molecule is CC(C)(C)c1cc(OC(=O)CCC(O)(CCCCCO)CCC(=O)Oc2cc(C(C)(C)C)c(O)c(C(C)(C)C)c2)cc(C(C)(C)C)c1O. The highest BCUT2D eigenvalue weighted by molar-refractivity contribution is 5.74. The van der Waals surface area contributed by atoms with Crippen molar-refractivity contribution < 1.29 is 39.5 Å². The summed E-state index contributed by atoms with van der Waals surface area (Å²) in [6.45, 7) is 23.8. The maximum atomic E-state index is 13.1. The van der Waals surface area contributed by atoms with Crippen molar-refractivity contribution in [3.8, 4) is 23.0 Å². The number of carbonyl (C=O) groups excluding carboxylic acids is 2. The largest absolute Gasteiger partial charge is 0.507 e. The quantitative estimate of drug-likeness (QED) is 0.0946. The Hall–Kier alpha value is -3.10. The van der Waals surface area contributed by atoms with E-state index in [4.69, 9.17) is 9.47 Å². The minimum Gasteiger partial charge on any atom is -0.507 e. The fourth-order valence-corrected chi connectivity index (χ4v) is 5.77. The third-order valence-electron chi connectivity index (χ3n) is 8.75. The second-order valence-corrected chi connectivity index (χ2v) is 17.4. The highest BCUT2D eigenvalue weighted by Gasteiger charge is 2.32. The fourth-order valence-electron chi connectivity index (χ4n) is 5.77. The van der Waals surface area contributed by atoms with E-state index in [2.05, 4.69) is 0 Å². The van der Waals surface area contributed by atoms with Gasteiger partial charge in [0.25, 0.3) is 0 Å². The molecule has 8 nitrogen and oxygen atoms in total. The van der Waals surface area contributed by atoms with Gasteiger partial charge in [-0.2, -0.15) is 0 Å². The molecule has 0 saturated carbocycles. The summed E-state index contributed by atoms with van der Waals surface area (Å²) in [5.74, 6) is 0.00305. The molecule has 270 valence electrons. The molecule has 0 aliphatic rings. The van der Waals surface area contributed by atoms with Crippen LogP contribution in [0.4, 0.5) is 0 Å². The molecule has 0 atom stereocenters. The lowest BCUT2D eigenvalue weighted by Gasteiger charge is -2.29. The number of carbonyl (C=O) groups is 2. The molecule has 2 rings (SSSR count). The monoisotopic (exact) mass is 670 g/mol. The van der Waals surface area contributed by atoms with Gasteiger partial charge < -0.3 is 29.9 Å². The molecule has 0 radical (unpaired) electrons. The standard InChI is InChI=1S/C40H62O8/c1-36(2,3)28-22-26(23-29(34(28)44)37(4,5)6)47-32(42)16-19-40(46,18-14-13-15-21-41)20-17-33(43)48-27-24-30(38(7,8)9)35(45)31(25-27)39(10,11)12/h22-25,41,44-46H,13-21H2,1-12H3. The molecule has 8 heteroatoms. The Morgan fingerprint density at radius 1 is 0.542 bits per heavy atom. The van der Waals surface area contributed by atoms with Gasteiger partial charge in [0.05, 0.1) is 5.60 Å². The molecule has 48 heavy (non-hydrogen) atoms. The molecule has 2 aromatic carbocycles. The highest BCUT2D eigenvalue weighted by Crippen LogP contribution is 2.43. The Kier molecular flexibility index (Phi) is 13.4.